The molecule has 0 N–H and O–H groups in total. The lowest BCUT2D eigenvalue weighted by Crippen LogP contribution is -2.61. The van der Waals surface area contributed by atoms with Crippen molar-refractivity contribution in [3.05, 3.63) is 214 Å². The average Bonchev–Trinajstić information content (AvgIpc) is 3.44. The molecule has 0 aliphatic carbocycles. The van der Waals surface area contributed by atoms with Crippen LogP contribution in [0.15, 0.2) is 164 Å². The molecule has 0 atom stereocenters. The van der Waals surface area contributed by atoms with E-state index in [2.05, 4.69) is 310 Å². The summed E-state index contributed by atoms with van der Waals surface area (Å²) in [5.41, 5.74) is 28.7. The number of fused-ring (bicyclic) bond motifs is 5. The van der Waals surface area contributed by atoms with Crippen LogP contribution in [0.4, 0.5) is 51.2 Å². The van der Waals surface area contributed by atoms with Crippen LogP contribution in [0.3, 0.4) is 0 Å². The second-order valence-corrected chi connectivity index (χ2v) is 28.6. The van der Waals surface area contributed by atoms with Crippen molar-refractivity contribution < 1.29 is 0 Å². The fourth-order valence-corrected chi connectivity index (χ4v) is 12.9. The molecule has 0 bridgehead atoms. The third kappa shape index (κ3) is 9.45. The van der Waals surface area contributed by atoms with Gasteiger partial charge in [0, 0.05) is 39.7 Å². The summed E-state index contributed by atoms with van der Waals surface area (Å²) in [7, 11) is 0. The summed E-state index contributed by atoms with van der Waals surface area (Å²) in [5.74, 6) is 0. The summed E-state index contributed by atoms with van der Waals surface area (Å²) in [5, 5.41) is 2.45. The zero-order valence-electron chi connectivity index (χ0n) is 51.5. The number of anilines is 9. The molecule has 0 amide bonds. The van der Waals surface area contributed by atoms with Gasteiger partial charge < -0.3 is 14.7 Å². The molecule has 3 nitrogen and oxygen atoms in total. The molecule has 0 saturated heterocycles. The van der Waals surface area contributed by atoms with Crippen molar-refractivity contribution in [1.29, 1.82) is 0 Å². The van der Waals surface area contributed by atoms with E-state index in [-0.39, 0.29) is 33.8 Å². The lowest BCUT2D eigenvalue weighted by molar-refractivity contribution is 0.589. The first-order valence-electron chi connectivity index (χ1n) is 29.3. The minimum atomic E-state index is -0.169. The van der Waals surface area contributed by atoms with E-state index >= 15 is 0 Å². The fourth-order valence-electron chi connectivity index (χ4n) is 12.9. The van der Waals surface area contributed by atoms with E-state index in [1.54, 1.807) is 0 Å². The van der Waals surface area contributed by atoms with Gasteiger partial charge in [0.2, 0.25) is 0 Å². The van der Waals surface area contributed by atoms with Crippen LogP contribution in [-0.4, -0.2) is 6.71 Å². The molecule has 9 aromatic rings. The number of hydrogen-bond acceptors (Lipinski definition) is 3. The Kier molecular flexibility index (Phi) is 13.1. The van der Waals surface area contributed by atoms with Gasteiger partial charge in [-0.2, -0.15) is 0 Å². The topological polar surface area (TPSA) is 9.72 Å². The van der Waals surface area contributed by atoms with Crippen molar-refractivity contribution in [2.45, 2.75) is 159 Å². The maximum Gasteiger partial charge on any atom is 0.252 e. The molecule has 0 radical (unpaired) electrons. The van der Waals surface area contributed by atoms with Gasteiger partial charge in [-0.05, 0) is 186 Å². The Morgan fingerprint density at radius 1 is 0.350 bits per heavy atom. The van der Waals surface area contributed by atoms with Gasteiger partial charge in [-0.25, -0.2) is 0 Å². The highest BCUT2D eigenvalue weighted by molar-refractivity contribution is 7.00. The molecule has 9 aromatic carbocycles. The Hall–Kier alpha value is -7.30. The number of nitrogens with zero attached hydrogens (tertiary/aromatic N) is 3. The number of hydrogen-bond donors (Lipinski definition) is 0. The minimum Gasteiger partial charge on any atom is -0.311 e. The lowest BCUT2D eigenvalue weighted by atomic mass is 9.33. The standard InChI is InChI=1S/C76H84BN3/c1-47-39-55(74(11,12)13)40-48(2)70(47)79-63-38-32-54(73(8,9)10)43-62(63)77-61-36-35-59(46-65(61)80(67-45-57(76(17,18)19)44-66(79)69(67)77)71-49(3)41-56(42-50(71)4)75(14,15)16)78(58-33-30-53(31-34-58)72(5,6)7)64-37-29-51-25-23-24-28-60(51)68(64)52-26-21-20-22-27-52/h20-46H,1-19H3. The maximum atomic E-state index is 2.69. The number of rotatable bonds is 6. The molecular weight excluding hydrogens is 966 g/mol. The SMILES string of the molecule is Cc1cc(C(C)(C)C)cc(C)c1N1c2ccc(C(C)(C)C)cc2B2c3ccc(N(c4ccc(C(C)(C)C)cc4)c4ccc5ccccc5c4-c4ccccc4)cc3N(c3c(C)cc(C(C)(C)C)cc3C)c3cc(C(C)(C)C)cc1c32. The minimum absolute atomic E-state index is 0.00374. The van der Waals surface area contributed by atoms with E-state index in [1.165, 1.54) is 122 Å². The summed E-state index contributed by atoms with van der Waals surface area (Å²) in [4.78, 5) is 7.89. The Morgan fingerprint density at radius 2 is 0.812 bits per heavy atom. The van der Waals surface area contributed by atoms with Crippen molar-refractivity contribution in [3.8, 4) is 11.1 Å². The zero-order valence-corrected chi connectivity index (χ0v) is 51.5. The summed E-state index contributed by atoms with van der Waals surface area (Å²) in [6, 6.07) is 63.7. The van der Waals surface area contributed by atoms with Gasteiger partial charge >= 0.3 is 0 Å². The Labute approximate surface area is 480 Å². The second-order valence-electron chi connectivity index (χ2n) is 28.6. The number of benzene rings is 9. The molecule has 0 spiro atoms. The number of aryl methyl sites for hydroxylation is 4. The van der Waals surface area contributed by atoms with Crippen molar-refractivity contribution in [2.75, 3.05) is 14.7 Å². The Bertz CT molecular complexity index is 3850. The zero-order chi connectivity index (χ0) is 57.3. The highest BCUT2D eigenvalue weighted by Crippen LogP contribution is 2.52. The van der Waals surface area contributed by atoms with Gasteiger partial charge in [-0.15, -0.1) is 0 Å². The molecule has 2 heterocycles. The maximum absolute atomic E-state index is 2.69. The second kappa shape index (κ2) is 19.2. The molecule has 4 heteroatoms. The highest BCUT2D eigenvalue weighted by atomic mass is 15.2. The summed E-state index contributed by atoms with van der Waals surface area (Å²) >= 11 is 0. The quantitative estimate of drug-likeness (QED) is 0.154. The van der Waals surface area contributed by atoms with Crippen LogP contribution < -0.4 is 31.1 Å². The molecule has 0 unspecified atom stereocenters. The molecule has 2 aliphatic rings. The highest BCUT2D eigenvalue weighted by Gasteiger charge is 2.46. The van der Waals surface area contributed by atoms with Gasteiger partial charge in [0.15, 0.2) is 0 Å². The fraction of sp³-hybridized carbons (Fsp3) is 0.316. The van der Waals surface area contributed by atoms with Crippen LogP contribution in [0.2, 0.25) is 0 Å². The molecule has 2 aliphatic heterocycles. The third-order valence-corrected chi connectivity index (χ3v) is 17.4. The van der Waals surface area contributed by atoms with Crippen LogP contribution in [0.1, 0.15) is 154 Å². The molecule has 0 fully saturated rings. The molecular formula is C76H84BN3. The van der Waals surface area contributed by atoms with E-state index < -0.39 is 0 Å². The predicted octanol–water partition coefficient (Wildman–Crippen LogP) is 19.8. The largest absolute Gasteiger partial charge is 0.311 e. The van der Waals surface area contributed by atoms with E-state index in [9.17, 15) is 0 Å². The average molecular weight is 1050 g/mol. The normalized spacial score (nSPS) is 13.6. The van der Waals surface area contributed by atoms with Gasteiger partial charge in [-0.3, -0.25) is 0 Å². The van der Waals surface area contributed by atoms with Crippen molar-refractivity contribution in [1.82, 2.24) is 0 Å². The van der Waals surface area contributed by atoms with Crippen LogP contribution in [0, 0.1) is 27.7 Å². The summed E-state index contributed by atoms with van der Waals surface area (Å²) in [6.07, 6.45) is 0. The van der Waals surface area contributed by atoms with Gasteiger partial charge in [0.25, 0.3) is 6.71 Å². The van der Waals surface area contributed by atoms with E-state index in [4.69, 9.17) is 0 Å². The molecule has 80 heavy (non-hydrogen) atoms. The monoisotopic (exact) mass is 1050 g/mol. The van der Waals surface area contributed by atoms with Gasteiger partial charge in [0.05, 0.1) is 17.1 Å². The van der Waals surface area contributed by atoms with Crippen LogP contribution in [0.5, 0.6) is 0 Å². The predicted molar refractivity (Wildman–Crippen MR) is 351 cm³/mol. The van der Waals surface area contributed by atoms with Crippen molar-refractivity contribution in [2.24, 2.45) is 0 Å². The Balaban J connectivity index is 1.28. The van der Waals surface area contributed by atoms with Crippen LogP contribution >= 0.6 is 0 Å². The molecule has 406 valence electrons. The first-order valence-corrected chi connectivity index (χ1v) is 29.3. The summed E-state index contributed by atoms with van der Waals surface area (Å²) < 4.78 is 0. The van der Waals surface area contributed by atoms with E-state index in [1.807, 2.05) is 0 Å². The van der Waals surface area contributed by atoms with Gasteiger partial charge in [-0.1, -0.05) is 219 Å². The smallest absolute Gasteiger partial charge is 0.252 e. The first-order chi connectivity index (χ1) is 37.5. The molecule has 11 rings (SSSR count). The van der Waals surface area contributed by atoms with Gasteiger partial charge in [0.1, 0.15) is 0 Å². The van der Waals surface area contributed by atoms with Crippen molar-refractivity contribution >= 4 is 85.1 Å². The lowest BCUT2D eigenvalue weighted by Gasteiger charge is -2.47. The van der Waals surface area contributed by atoms with Crippen LogP contribution in [0.25, 0.3) is 21.9 Å². The summed E-state index contributed by atoms with van der Waals surface area (Å²) in [6.45, 7) is 44.5. The Morgan fingerprint density at radius 3 is 1.34 bits per heavy atom. The van der Waals surface area contributed by atoms with Crippen molar-refractivity contribution in [3.63, 3.8) is 0 Å². The van der Waals surface area contributed by atoms with Crippen LogP contribution in [-0.2, 0) is 27.1 Å². The molecule has 0 aromatic heterocycles. The third-order valence-electron chi connectivity index (χ3n) is 17.4. The van der Waals surface area contributed by atoms with E-state index in [0.29, 0.717) is 0 Å². The van der Waals surface area contributed by atoms with E-state index in [0.717, 1.165) is 17.1 Å². The first kappa shape index (κ1) is 54.7. The molecule has 0 saturated carbocycles.